The maximum atomic E-state index is 11.0. The molecule has 0 radical (unpaired) electrons. The van der Waals surface area contributed by atoms with Crippen LogP contribution in [0.25, 0.3) is 0 Å². The molecule has 5 heteroatoms. The van der Waals surface area contributed by atoms with Gasteiger partial charge in [-0.25, -0.2) is 0 Å². The summed E-state index contributed by atoms with van der Waals surface area (Å²) in [5, 5.41) is 14.0. The Morgan fingerprint density at radius 1 is 1.42 bits per heavy atom. The molecule has 1 aromatic carbocycles. The Morgan fingerprint density at radius 2 is 2.16 bits per heavy atom. The smallest absolute Gasteiger partial charge is 0.311 e. The molecule has 5 nitrogen and oxygen atoms in total. The molecule has 0 amide bonds. The minimum atomic E-state index is -0.392. The summed E-state index contributed by atoms with van der Waals surface area (Å²) in [4.78, 5) is 10.6. The van der Waals surface area contributed by atoms with Crippen LogP contribution in [0.4, 0.5) is 5.69 Å². The fraction of sp³-hybridized carbons (Fsp3) is 0.571. The van der Waals surface area contributed by atoms with E-state index >= 15 is 0 Å². The standard InChI is InChI=1S/C14H22N2O3/c1-11(2)5-4-8-19-14-7-6-12(10-15-3)9-13(14)16(17)18/h6-7,9,11,15H,4-5,8,10H2,1-3H3. The van der Waals surface area contributed by atoms with Crippen molar-refractivity contribution in [3.8, 4) is 5.75 Å². The van der Waals surface area contributed by atoms with Gasteiger partial charge in [-0.05, 0) is 37.4 Å². The zero-order valence-electron chi connectivity index (χ0n) is 11.8. The monoisotopic (exact) mass is 266 g/mol. The van der Waals surface area contributed by atoms with Gasteiger partial charge in [-0.15, -0.1) is 0 Å². The Morgan fingerprint density at radius 3 is 2.74 bits per heavy atom. The van der Waals surface area contributed by atoms with Crippen LogP contribution in [0.2, 0.25) is 0 Å². The van der Waals surface area contributed by atoms with E-state index in [0.717, 1.165) is 18.4 Å². The lowest BCUT2D eigenvalue weighted by Gasteiger charge is -2.09. The molecule has 19 heavy (non-hydrogen) atoms. The van der Waals surface area contributed by atoms with Crippen LogP contribution in [0.3, 0.4) is 0 Å². The Kier molecular flexibility index (Phi) is 6.29. The van der Waals surface area contributed by atoms with Crippen LogP contribution in [-0.4, -0.2) is 18.6 Å². The number of nitro groups is 1. The van der Waals surface area contributed by atoms with Crippen molar-refractivity contribution >= 4 is 5.69 Å². The van der Waals surface area contributed by atoms with Gasteiger partial charge in [0.2, 0.25) is 0 Å². The van der Waals surface area contributed by atoms with Crippen molar-refractivity contribution < 1.29 is 9.66 Å². The molecule has 1 rings (SSSR count). The van der Waals surface area contributed by atoms with Gasteiger partial charge in [-0.3, -0.25) is 10.1 Å². The number of hydrogen-bond acceptors (Lipinski definition) is 4. The van der Waals surface area contributed by atoms with Gasteiger partial charge in [0.05, 0.1) is 11.5 Å². The lowest BCUT2D eigenvalue weighted by molar-refractivity contribution is -0.385. The van der Waals surface area contributed by atoms with Crippen molar-refractivity contribution in [3.63, 3.8) is 0 Å². The summed E-state index contributed by atoms with van der Waals surface area (Å²) in [6, 6.07) is 5.09. The fourth-order valence-corrected chi connectivity index (χ4v) is 1.82. The van der Waals surface area contributed by atoms with Crippen molar-refractivity contribution in [2.45, 2.75) is 33.2 Å². The average Bonchev–Trinajstić information content (AvgIpc) is 2.35. The molecule has 0 unspecified atom stereocenters. The first-order valence-electron chi connectivity index (χ1n) is 6.59. The Balaban J connectivity index is 2.68. The summed E-state index contributed by atoms with van der Waals surface area (Å²) in [5.41, 5.74) is 0.918. The van der Waals surface area contributed by atoms with Crippen LogP contribution in [0, 0.1) is 16.0 Å². The average molecular weight is 266 g/mol. The van der Waals surface area contributed by atoms with E-state index in [-0.39, 0.29) is 5.69 Å². The maximum Gasteiger partial charge on any atom is 0.311 e. The number of nitrogens with zero attached hydrogens (tertiary/aromatic N) is 1. The molecular weight excluding hydrogens is 244 g/mol. The van der Waals surface area contributed by atoms with E-state index in [2.05, 4.69) is 19.2 Å². The maximum absolute atomic E-state index is 11.0. The van der Waals surface area contributed by atoms with Gasteiger partial charge < -0.3 is 10.1 Å². The Bertz CT molecular complexity index is 419. The third kappa shape index (κ3) is 5.26. The number of nitrogens with one attached hydrogen (secondary N) is 1. The molecule has 0 heterocycles. The molecule has 1 aromatic rings. The number of rotatable bonds is 8. The molecule has 106 valence electrons. The van der Waals surface area contributed by atoms with Gasteiger partial charge in [0.1, 0.15) is 0 Å². The second kappa shape index (κ2) is 7.74. The van der Waals surface area contributed by atoms with Crippen LogP contribution in [0.5, 0.6) is 5.75 Å². The quantitative estimate of drug-likeness (QED) is 0.446. The number of hydrogen-bond donors (Lipinski definition) is 1. The number of ether oxygens (including phenoxy) is 1. The molecule has 0 aliphatic rings. The van der Waals surface area contributed by atoms with Crippen molar-refractivity contribution in [3.05, 3.63) is 33.9 Å². The first kappa shape index (κ1) is 15.4. The van der Waals surface area contributed by atoms with Crippen LogP contribution in [0.1, 0.15) is 32.3 Å². The van der Waals surface area contributed by atoms with Gasteiger partial charge in [-0.1, -0.05) is 19.9 Å². The summed E-state index contributed by atoms with van der Waals surface area (Å²) < 4.78 is 5.52. The highest BCUT2D eigenvalue weighted by molar-refractivity contribution is 5.48. The van der Waals surface area contributed by atoms with E-state index in [1.54, 1.807) is 12.1 Å². The topological polar surface area (TPSA) is 64.4 Å². The molecule has 0 aromatic heterocycles. The SMILES string of the molecule is CNCc1ccc(OCCCC(C)C)c([N+](=O)[O-])c1. The summed E-state index contributed by atoms with van der Waals surface area (Å²) in [7, 11) is 1.81. The van der Waals surface area contributed by atoms with Crippen LogP contribution in [-0.2, 0) is 6.54 Å². The Hall–Kier alpha value is -1.62. The minimum absolute atomic E-state index is 0.0392. The van der Waals surface area contributed by atoms with Crippen molar-refractivity contribution in [1.82, 2.24) is 5.32 Å². The van der Waals surface area contributed by atoms with Gasteiger partial charge in [0.15, 0.2) is 5.75 Å². The summed E-state index contributed by atoms with van der Waals surface area (Å²) in [5.74, 6) is 0.977. The van der Waals surface area contributed by atoms with Crippen molar-refractivity contribution in [1.29, 1.82) is 0 Å². The third-order valence-electron chi connectivity index (χ3n) is 2.78. The van der Waals surface area contributed by atoms with E-state index in [0.29, 0.717) is 24.8 Å². The van der Waals surface area contributed by atoms with Crippen LogP contribution >= 0.6 is 0 Å². The summed E-state index contributed by atoms with van der Waals surface area (Å²) in [6.45, 7) is 5.42. The van der Waals surface area contributed by atoms with Gasteiger partial charge in [-0.2, -0.15) is 0 Å². The first-order valence-corrected chi connectivity index (χ1v) is 6.59. The van der Waals surface area contributed by atoms with Crippen LogP contribution in [0.15, 0.2) is 18.2 Å². The largest absolute Gasteiger partial charge is 0.487 e. The molecule has 0 bridgehead atoms. The highest BCUT2D eigenvalue weighted by atomic mass is 16.6. The zero-order valence-corrected chi connectivity index (χ0v) is 11.8. The highest BCUT2D eigenvalue weighted by Gasteiger charge is 2.15. The van der Waals surface area contributed by atoms with Gasteiger partial charge in [0, 0.05) is 12.6 Å². The Labute approximate surface area is 114 Å². The lowest BCUT2D eigenvalue weighted by atomic mass is 10.1. The van der Waals surface area contributed by atoms with E-state index in [4.69, 9.17) is 4.74 Å². The normalized spacial score (nSPS) is 10.7. The van der Waals surface area contributed by atoms with Gasteiger partial charge >= 0.3 is 5.69 Å². The van der Waals surface area contributed by atoms with Gasteiger partial charge in [0.25, 0.3) is 0 Å². The molecule has 0 saturated carbocycles. The lowest BCUT2D eigenvalue weighted by Crippen LogP contribution is -2.06. The van der Waals surface area contributed by atoms with E-state index in [9.17, 15) is 10.1 Å². The molecule has 0 saturated heterocycles. The molecule has 0 aliphatic carbocycles. The predicted molar refractivity (Wildman–Crippen MR) is 75.4 cm³/mol. The number of nitro benzene ring substituents is 1. The highest BCUT2D eigenvalue weighted by Crippen LogP contribution is 2.28. The molecule has 0 fully saturated rings. The van der Waals surface area contributed by atoms with E-state index in [1.165, 1.54) is 0 Å². The minimum Gasteiger partial charge on any atom is -0.487 e. The second-order valence-electron chi connectivity index (χ2n) is 4.97. The molecule has 1 N–H and O–H groups in total. The zero-order chi connectivity index (χ0) is 14.3. The fourth-order valence-electron chi connectivity index (χ4n) is 1.82. The molecule has 0 aliphatic heterocycles. The van der Waals surface area contributed by atoms with Crippen molar-refractivity contribution in [2.75, 3.05) is 13.7 Å². The first-order chi connectivity index (χ1) is 9.04. The van der Waals surface area contributed by atoms with Crippen LogP contribution < -0.4 is 10.1 Å². The number of benzene rings is 1. The summed E-state index contributed by atoms with van der Waals surface area (Å²) in [6.07, 6.45) is 1.97. The molecule has 0 spiro atoms. The third-order valence-corrected chi connectivity index (χ3v) is 2.78. The van der Waals surface area contributed by atoms with Crippen molar-refractivity contribution in [2.24, 2.45) is 5.92 Å². The molecular formula is C14H22N2O3. The van der Waals surface area contributed by atoms with E-state index in [1.807, 2.05) is 13.1 Å². The summed E-state index contributed by atoms with van der Waals surface area (Å²) >= 11 is 0. The van der Waals surface area contributed by atoms with E-state index < -0.39 is 4.92 Å². The molecule has 0 atom stereocenters. The second-order valence-corrected chi connectivity index (χ2v) is 4.97. The predicted octanol–water partition coefficient (Wildman–Crippen LogP) is 3.13.